The van der Waals surface area contributed by atoms with E-state index in [1.165, 1.54) is 12.1 Å². The summed E-state index contributed by atoms with van der Waals surface area (Å²) in [4.78, 5) is 0. The Bertz CT molecular complexity index is 294. The molecule has 0 aliphatic heterocycles. The van der Waals surface area contributed by atoms with Gasteiger partial charge in [-0.1, -0.05) is 12.7 Å². The summed E-state index contributed by atoms with van der Waals surface area (Å²) in [7, 11) is 0. The summed E-state index contributed by atoms with van der Waals surface area (Å²) in [6.45, 7) is 3.41. The minimum atomic E-state index is -0.611. The van der Waals surface area contributed by atoms with E-state index in [9.17, 15) is 8.78 Å². The van der Waals surface area contributed by atoms with Gasteiger partial charge in [-0.25, -0.2) is 8.78 Å². The van der Waals surface area contributed by atoms with E-state index in [0.29, 0.717) is 5.56 Å². The molecule has 0 aliphatic rings. The molecule has 0 saturated heterocycles. The van der Waals surface area contributed by atoms with Crippen molar-refractivity contribution in [1.29, 1.82) is 0 Å². The Kier molecular flexibility index (Phi) is 2.39. The minimum absolute atomic E-state index is 0.244. The number of hydrogen-bond acceptors (Lipinski definition) is 0. The van der Waals surface area contributed by atoms with Crippen LogP contribution in [0.4, 0.5) is 8.78 Å². The normalized spacial score (nSPS) is 9.73. The molecule has 0 saturated carbocycles. The number of rotatable bonds is 1. The molecule has 0 heterocycles. The lowest BCUT2D eigenvalue weighted by Gasteiger charge is -1.99. The predicted octanol–water partition coefficient (Wildman–Crippen LogP) is 3.37. The highest BCUT2D eigenvalue weighted by Gasteiger charge is 2.04. The predicted molar refractivity (Wildman–Crippen MR) is 44.1 cm³/mol. The highest BCUT2D eigenvalue weighted by Crippen LogP contribution is 2.22. The Morgan fingerprint density at radius 3 is 2.55 bits per heavy atom. The summed E-state index contributed by atoms with van der Waals surface area (Å²) in [6, 6.07) is 2.03. The van der Waals surface area contributed by atoms with Crippen molar-refractivity contribution < 1.29 is 8.78 Å². The van der Waals surface area contributed by atoms with E-state index in [1.807, 2.05) is 0 Å². The smallest absolute Gasteiger partial charge is 0.140 e. The van der Waals surface area contributed by atoms with E-state index < -0.39 is 11.6 Å². The fraction of sp³-hybridized carbons (Fsp3) is 0. The second-order valence-corrected chi connectivity index (χ2v) is 2.79. The van der Waals surface area contributed by atoms with Gasteiger partial charge in [0.15, 0.2) is 0 Å². The van der Waals surface area contributed by atoms with E-state index in [0.717, 1.165) is 6.07 Å². The molecule has 1 aromatic rings. The van der Waals surface area contributed by atoms with Gasteiger partial charge in [0.25, 0.3) is 0 Å². The molecule has 58 valence electrons. The molecule has 0 amide bonds. The van der Waals surface area contributed by atoms with Crippen molar-refractivity contribution >= 4 is 22.0 Å². The van der Waals surface area contributed by atoms with Crippen LogP contribution in [0.15, 0.2) is 23.2 Å². The van der Waals surface area contributed by atoms with E-state index in [1.54, 1.807) is 0 Å². The van der Waals surface area contributed by atoms with Gasteiger partial charge in [-0.2, -0.15) is 0 Å². The Morgan fingerprint density at radius 1 is 1.36 bits per heavy atom. The average Bonchev–Trinajstić information content (AvgIpc) is 1.96. The average molecular weight is 219 g/mol. The molecule has 0 spiro atoms. The largest absolute Gasteiger partial charge is 0.207 e. The van der Waals surface area contributed by atoms with Gasteiger partial charge in [-0.15, -0.1) is 0 Å². The molecular weight excluding hydrogens is 214 g/mol. The maximum Gasteiger partial charge on any atom is 0.140 e. The second-order valence-electron chi connectivity index (χ2n) is 1.99. The highest BCUT2D eigenvalue weighted by molar-refractivity contribution is 9.10. The van der Waals surface area contributed by atoms with Gasteiger partial charge >= 0.3 is 0 Å². The third-order valence-corrected chi connectivity index (χ3v) is 2.08. The first-order valence-corrected chi connectivity index (χ1v) is 3.71. The lowest BCUT2D eigenvalue weighted by atomic mass is 10.2. The Morgan fingerprint density at radius 2 is 2.00 bits per heavy atom. The van der Waals surface area contributed by atoms with Gasteiger partial charge in [-0.05, 0) is 27.6 Å². The molecule has 1 rings (SSSR count). The lowest BCUT2D eigenvalue weighted by Crippen LogP contribution is -1.85. The topological polar surface area (TPSA) is 0 Å². The fourth-order valence-electron chi connectivity index (χ4n) is 0.724. The third-order valence-electron chi connectivity index (χ3n) is 1.24. The zero-order valence-corrected chi connectivity index (χ0v) is 7.16. The molecule has 11 heavy (non-hydrogen) atoms. The fourth-order valence-corrected chi connectivity index (χ4v) is 1.12. The van der Waals surface area contributed by atoms with Gasteiger partial charge < -0.3 is 0 Å². The second kappa shape index (κ2) is 3.13. The van der Waals surface area contributed by atoms with Crippen LogP contribution in [0, 0.1) is 11.6 Å². The van der Waals surface area contributed by atoms with Crippen LogP contribution in [0.5, 0.6) is 0 Å². The van der Waals surface area contributed by atoms with Crippen LogP contribution in [0.1, 0.15) is 5.56 Å². The Labute approximate surface area is 71.7 Å². The highest BCUT2D eigenvalue weighted by atomic mass is 79.9. The zero-order valence-electron chi connectivity index (χ0n) is 5.57. The van der Waals surface area contributed by atoms with Crippen LogP contribution < -0.4 is 0 Å². The van der Waals surface area contributed by atoms with Crippen LogP contribution >= 0.6 is 15.9 Å². The number of hydrogen-bond donors (Lipinski definition) is 0. The molecule has 0 unspecified atom stereocenters. The van der Waals surface area contributed by atoms with Crippen molar-refractivity contribution in [2.24, 2.45) is 0 Å². The minimum Gasteiger partial charge on any atom is -0.207 e. The molecule has 0 N–H and O–H groups in total. The Balaban J connectivity index is 3.35. The standard InChI is InChI=1S/C8H5BrF2/c1-2-5-3-6(10)4-7(11)8(5)9/h2-4H,1H2. The monoisotopic (exact) mass is 218 g/mol. The molecule has 0 fully saturated rings. The number of benzene rings is 1. The van der Waals surface area contributed by atoms with Crippen molar-refractivity contribution in [3.8, 4) is 0 Å². The summed E-state index contributed by atoms with van der Waals surface area (Å²) in [5.74, 6) is -1.21. The first-order chi connectivity index (χ1) is 5.15. The quantitative estimate of drug-likeness (QED) is 0.635. The number of halogens is 3. The van der Waals surface area contributed by atoms with Gasteiger partial charge in [0.2, 0.25) is 0 Å². The van der Waals surface area contributed by atoms with Crippen LogP contribution in [0.3, 0.4) is 0 Å². The van der Waals surface area contributed by atoms with Crippen molar-refractivity contribution in [1.82, 2.24) is 0 Å². The zero-order chi connectivity index (χ0) is 8.43. The van der Waals surface area contributed by atoms with E-state index in [4.69, 9.17) is 0 Å². The van der Waals surface area contributed by atoms with E-state index in [2.05, 4.69) is 22.5 Å². The van der Waals surface area contributed by atoms with Gasteiger partial charge in [0.1, 0.15) is 11.6 Å². The lowest BCUT2D eigenvalue weighted by molar-refractivity contribution is 0.578. The molecule has 0 atom stereocenters. The first-order valence-electron chi connectivity index (χ1n) is 2.92. The van der Waals surface area contributed by atoms with Crippen molar-refractivity contribution in [3.63, 3.8) is 0 Å². The van der Waals surface area contributed by atoms with Crippen LogP contribution in [-0.2, 0) is 0 Å². The Hall–Kier alpha value is -0.700. The van der Waals surface area contributed by atoms with E-state index in [-0.39, 0.29) is 4.47 Å². The molecule has 3 heteroatoms. The molecule has 0 aliphatic carbocycles. The first kappa shape index (κ1) is 8.40. The van der Waals surface area contributed by atoms with Gasteiger partial charge in [0, 0.05) is 6.07 Å². The van der Waals surface area contributed by atoms with Crippen LogP contribution in [-0.4, -0.2) is 0 Å². The summed E-state index contributed by atoms with van der Waals surface area (Å²) in [5.41, 5.74) is 0.419. The van der Waals surface area contributed by atoms with Crippen molar-refractivity contribution in [2.75, 3.05) is 0 Å². The van der Waals surface area contributed by atoms with Crippen LogP contribution in [0.2, 0.25) is 0 Å². The molecule has 0 aromatic heterocycles. The SMILES string of the molecule is C=Cc1cc(F)cc(F)c1Br. The maximum atomic E-state index is 12.7. The molecule has 0 nitrogen and oxygen atoms in total. The summed E-state index contributed by atoms with van der Waals surface area (Å²) in [6.07, 6.45) is 1.39. The van der Waals surface area contributed by atoms with Gasteiger partial charge in [0.05, 0.1) is 4.47 Å². The molecule has 0 bridgehead atoms. The summed E-state index contributed by atoms with van der Waals surface area (Å²) >= 11 is 2.96. The summed E-state index contributed by atoms with van der Waals surface area (Å²) in [5, 5.41) is 0. The molecule has 0 radical (unpaired) electrons. The van der Waals surface area contributed by atoms with E-state index >= 15 is 0 Å². The maximum absolute atomic E-state index is 12.7. The molecular formula is C8H5BrF2. The summed E-state index contributed by atoms with van der Waals surface area (Å²) < 4.78 is 25.4. The van der Waals surface area contributed by atoms with Crippen LogP contribution in [0.25, 0.3) is 6.08 Å². The van der Waals surface area contributed by atoms with Crippen molar-refractivity contribution in [3.05, 3.63) is 40.4 Å². The third kappa shape index (κ3) is 1.66. The van der Waals surface area contributed by atoms with Crippen molar-refractivity contribution in [2.45, 2.75) is 0 Å². The molecule has 1 aromatic carbocycles. The van der Waals surface area contributed by atoms with Gasteiger partial charge in [-0.3, -0.25) is 0 Å².